The van der Waals surface area contributed by atoms with Gasteiger partial charge in [0.15, 0.2) is 0 Å². The van der Waals surface area contributed by atoms with Crippen molar-refractivity contribution in [1.29, 1.82) is 0 Å². The summed E-state index contributed by atoms with van der Waals surface area (Å²) in [5, 5.41) is 0.340. The largest absolute Gasteiger partial charge is 0.494 e. The van der Waals surface area contributed by atoms with E-state index in [1.807, 2.05) is 36.1 Å². The van der Waals surface area contributed by atoms with Gasteiger partial charge in [-0.05, 0) is 49.6 Å². The lowest BCUT2D eigenvalue weighted by molar-refractivity contribution is 0.0735. The molecule has 4 nitrogen and oxygen atoms in total. The highest BCUT2D eigenvalue weighted by molar-refractivity contribution is 6.29. The number of hydrogen-bond acceptors (Lipinski definition) is 3. The monoisotopic (exact) mass is 330 g/mol. The van der Waals surface area contributed by atoms with Gasteiger partial charge < -0.3 is 9.64 Å². The average molecular weight is 331 g/mol. The molecule has 0 radical (unpaired) electrons. The van der Waals surface area contributed by atoms with Crippen molar-refractivity contribution in [3.8, 4) is 5.75 Å². The molecule has 1 aliphatic rings. The average Bonchev–Trinajstić information content (AvgIpc) is 3.05. The first-order chi connectivity index (χ1) is 11.2. The Labute approximate surface area is 141 Å². The van der Waals surface area contributed by atoms with Crippen LogP contribution >= 0.6 is 11.6 Å². The zero-order valence-corrected chi connectivity index (χ0v) is 13.8. The van der Waals surface area contributed by atoms with Crippen LogP contribution in [0.2, 0.25) is 5.15 Å². The van der Waals surface area contributed by atoms with Crippen molar-refractivity contribution in [1.82, 2.24) is 9.88 Å². The summed E-state index contributed by atoms with van der Waals surface area (Å²) in [6.07, 6.45) is 3.54. The van der Waals surface area contributed by atoms with Crippen molar-refractivity contribution in [3.05, 3.63) is 58.9 Å². The van der Waals surface area contributed by atoms with Crippen molar-refractivity contribution in [2.24, 2.45) is 0 Å². The van der Waals surface area contributed by atoms with Gasteiger partial charge in [0.1, 0.15) is 10.9 Å². The molecule has 120 valence electrons. The van der Waals surface area contributed by atoms with E-state index in [0.717, 1.165) is 30.7 Å². The number of benzene rings is 1. The summed E-state index contributed by atoms with van der Waals surface area (Å²) in [7, 11) is 0. The molecule has 5 heteroatoms. The van der Waals surface area contributed by atoms with Crippen molar-refractivity contribution in [2.75, 3.05) is 13.2 Å². The molecule has 1 aromatic carbocycles. The maximum absolute atomic E-state index is 12.8. The zero-order valence-electron chi connectivity index (χ0n) is 13.0. The molecule has 0 spiro atoms. The van der Waals surface area contributed by atoms with Gasteiger partial charge >= 0.3 is 0 Å². The number of amides is 1. The molecule has 2 heterocycles. The lowest BCUT2D eigenvalue weighted by Crippen LogP contribution is -2.30. The highest BCUT2D eigenvalue weighted by Crippen LogP contribution is 2.34. The number of rotatable bonds is 4. The van der Waals surface area contributed by atoms with Gasteiger partial charge in [-0.1, -0.05) is 23.7 Å². The minimum absolute atomic E-state index is 0.00526. The Balaban J connectivity index is 1.81. The number of carbonyl (C=O) groups excluding carboxylic acids is 1. The topological polar surface area (TPSA) is 42.4 Å². The molecule has 0 N–H and O–H groups in total. The fraction of sp³-hybridized carbons (Fsp3) is 0.333. The third-order valence-corrected chi connectivity index (χ3v) is 4.27. The SMILES string of the molecule is CCOc1ccc([C@@H]2CCCN2C(=O)c2ccnc(Cl)c2)cc1. The molecule has 1 fully saturated rings. The molecule has 3 rings (SSSR count). The van der Waals surface area contributed by atoms with Crippen molar-refractivity contribution < 1.29 is 9.53 Å². The van der Waals surface area contributed by atoms with E-state index in [4.69, 9.17) is 16.3 Å². The van der Waals surface area contributed by atoms with Crippen LogP contribution in [-0.4, -0.2) is 28.9 Å². The second-order valence-corrected chi connectivity index (χ2v) is 5.91. The fourth-order valence-electron chi connectivity index (χ4n) is 3.01. The van der Waals surface area contributed by atoms with Crippen LogP contribution in [0.5, 0.6) is 5.75 Å². The summed E-state index contributed by atoms with van der Waals surface area (Å²) >= 11 is 5.90. The van der Waals surface area contributed by atoms with Crippen molar-refractivity contribution in [2.45, 2.75) is 25.8 Å². The molecule has 1 amide bonds. The Morgan fingerprint density at radius 3 is 2.83 bits per heavy atom. The van der Waals surface area contributed by atoms with Crippen LogP contribution < -0.4 is 4.74 Å². The number of ether oxygens (including phenoxy) is 1. The molecule has 0 bridgehead atoms. The number of carbonyl (C=O) groups is 1. The molecule has 1 saturated heterocycles. The van der Waals surface area contributed by atoms with E-state index < -0.39 is 0 Å². The van der Waals surface area contributed by atoms with Gasteiger partial charge in [0.05, 0.1) is 12.6 Å². The van der Waals surface area contributed by atoms with Gasteiger partial charge in [0, 0.05) is 18.3 Å². The predicted molar refractivity (Wildman–Crippen MR) is 89.9 cm³/mol. The first-order valence-corrected chi connectivity index (χ1v) is 8.22. The normalized spacial score (nSPS) is 17.3. The van der Waals surface area contributed by atoms with Crippen LogP contribution in [0.15, 0.2) is 42.6 Å². The van der Waals surface area contributed by atoms with Gasteiger partial charge in [-0.3, -0.25) is 4.79 Å². The minimum Gasteiger partial charge on any atom is -0.494 e. The Morgan fingerprint density at radius 1 is 1.35 bits per heavy atom. The molecule has 0 aliphatic carbocycles. The Kier molecular flexibility index (Phi) is 4.82. The number of nitrogens with zero attached hydrogens (tertiary/aromatic N) is 2. The van der Waals surface area contributed by atoms with Crippen LogP contribution in [0.3, 0.4) is 0 Å². The van der Waals surface area contributed by atoms with E-state index in [0.29, 0.717) is 17.3 Å². The van der Waals surface area contributed by atoms with Gasteiger partial charge in [0.2, 0.25) is 0 Å². The van der Waals surface area contributed by atoms with E-state index in [9.17, 15) is 4.79 Å². The van der Waals surface area contributed by atoms with E-state index >= 15 is 0 Å². The third-order valence-electron chi connectivity index (χ3n) is 4.06. The molecular weight excluding hydrogens is 312 g/mol. The van der Waals surface area contributed by atoms with Crippen LogP contribution in [-0.2, 0) is 0 Å². The smallest absolute Gasteiger partial charge is 0.254 e. The molecule has 2 aromatic rings. The van der Waals surface area contributed by atoms with Crippen LogP contribution in [0, 0.1) is 0 Å². The number of likely N-dealkylation sites (tertiary alicyclic amines) is 1. The Bertz CT molecular complexity index is 688. The lowest BCUT2D eigenvalue weighted by Gasteiger charge is -2.25. The lowest BCUT2D eigenvalue weighted by atomic mass is 10.0. The van der Waals surface area contributed by atoms with Crippen molar-refractivity contribution >= 4 is 17.5 Å². The molecule has 1 aromatic heterocycles. The number of aromatic nitrogens is 1. The molecular formula is C18H19ClN2O2. The molecule has 0 unspecified atom stereocenters. The summed E-state index contributed by atoms with van der Waals surface area (Å²) in [6.45, 7) is 3.37. The number of hydrogen-bond donors (Lipinski definition) is 0. The third kappa shape index (κ3) is 3.48. The minimum atomic E-state index is 0.00526. The van der Waals surface area contributed by atoms with Gasteiger partial charge in [0.25, 0.3) is 5.91 Å². The first-order valence-electron chi connectivity index (χ1n) is 7.84. The molecule has 1 atom stereocenters. The number of pyridine rings is 1. The Morgan fingerprint density at radius 2 is 2.13 bits per heavy atom. The Hall–Kier alpha value is -2.07. The second kappa shape index (κ2) is 7.01. The van der Waals surface area contributed by atoms with Gasteiger partial charge in [-0.25, -0.2) is 4.98 Å². The summed E-state index contributed by atoms with van der Waals surface area (Å²) in [6, 6.07) is 11.4. The van der Waals surface area contributed by atoms with Gasteiger partial charge in [-0.2, -0.15) is 0 Å². The van der Waals surface area contributed by atoms with E-state index in [2.05, 4.69) is 4.98 Å². The first kappa shape index (κ1) is 15.8. The van der Waals surface area contributed by atoms with Crippen LogP contribution in [0.25, 0.3) is 0 Å². The fourth-order valence-corrected chi connectivity index (χ4v) is 3.18. The standard InChI is InChI=1S/C18H19ClN2O2/c1-2-23-15-7-5-13(6-8-15)16-4-3-11-21(16)18(22)14-9-10-20-17(19)12-14/h5-10,12,16H,2-4,11H2,1H3/t16-/m0/s1. The van der Waals surface area contributed by atoms with E-state index in [1.165, 1.54) is 0 Å². The van der Waals surface area contributed by atoms with E-state index in [-0.39, 0.29) is 11.9 Å². The maximum Gasteiger partial charge on any atom is 0.254 e. The second-order valence-electron chi connectivity index (χ2n) is 5.53. The predicted octanol–water partition coefficient (Wildman–Crippen LogP) is 4.11. The quantitative estimate of drug-likeness (QED) is 0.792. The molecule has 0 saturated carbocycles. The summed E-state index contributed by atoms with van der Waals surface area (Å²) < 4.78 is 5.48. The summed E-state index contributed by atoms with van der Waals surface area (Å²) in [5.41, 5.74) is 1.72. The summed E-state index contributed by atoms with van der Waals surface area (Å²) in [5.74, 6) is 0.860. The summed E-state index contributed by atoms with van der Waals surface area (Å²) in [4.78, 5) is 18.6. The zero-order chi connectivity index (χ0) is 16.2. The van der Waals surface area contributed by atoms with Gasteiger partial charge in [-0.15, -0.1) is 0 Å². The maximum atomic E-state index is 12.8. The van der Waals surface area contributed by atoms with Crippen LogP contribution in [0.4, 0.5) is 0 Å². The van der Waals surface area contributed by atoms with Crippen LogP contribution in [0.1, 0.15) is 41.7 Å². The molecule has 1 aliphatic heterocycles. The highest BCUT2D eigenvalue weighted by Gasteiger charge is 2.30. The van der Waals surface area contributed by atoms with Crippen molar-refractivity contribution in [3.63, 3.8) is 0 Å². The van der Waals surface area contributed by atoms with E-state index in [1.54, 1.807) is 18.3 Å². The highest BCUT2D eigenvalue weighted by atomic mass is 35.5. The number of halogens is 1. The molecule has 23 heavy (non-hydrogen) atoms.